The topological polar surface area (TPSA) is 15.3 Å². The number of piperidine rings is 1. The smallest absolute Gasteiger partial charge is 0.127 e. The van der Waals surface area contributed by atoms with Crippen LogP contribution in [-0.2, 0) is 6.54 Å². The van der Waals surface area contributed by atoms with Crippen molar-refractivity contribution in [3.8, 4) is 0 Å². The first kappa shape index (κ1) is 14.5. The Labute approximate surface area is 116 Å². The molecule has 0 aliphatic carbocycles. The molecule has 1 aliphatic heterocycles. The highest BCUT2D eigenvalue weighted by Crippen LogP contribution is 2.30. The third-order valence-electron chi connectivity index (χ3n) is 4.22. The highest BCUT2D eigenvalue weighted by molar-refractivity contribution is 5.17. The zero-order valence-electron chi connectivity index (χ0n) is 12.2. The highest BCUT2D eigenvalue weighted by atomic mass is 19.1. The molecule has 0 aromatic heterocycles. The molecular weight excluding hydrogens is 239 g/mol. The van der Waals surface area contributed by atoms with Crippen LogP contribution in [0, 0.1) is 11.2 Å². The lowest BCUT2D eigenvalue weighted by atomic mass is 9.77. The third kappa shape index (κ3) is 3.77. The van der Waals surface area contributed by atoms with E-state index >= 15 is 0 Å². The third-order valence-corrected chi connectivity index (χ3v) is 4.22. The molecule has 0 amide bonds. The summed E-state index contributed by atoms with van der Waals surface area (Å²) in [7, 11) is 2.07. The summed E-state index contributed by atoms with van der Waals surface area (Å²) < 4.78 is 13.6. The van der Waals surface area contributed by atoms with Crippen LogP contribution in [0.1, 0.15) is 32.3 Å². The van der Waals surface area contributed by atoms with Gasteiger partial charge < -0.3 is 10.2 Å². The number of nitrogens with zero attached hydrogens (tertiary/aromatic N) is 1. The van der Waals surface area contributed by atoms with E-state index in [0.717, 1.165) is 18.7 Å². The molecule has 1 unspecified atom stereocenters. The van der Waals surface area contributed by atoms with Gasteiger partial charge in [-0.15, -0.1) is 0 Å². The van der Waals surface area contributed by atoms with E-state index in [9.17, 15) is 4.39 Å². The second kappa shape index (κ2) is 6.02. The molecule has 1 heterocycles. The lowest BCUT2D eigenvalue weighted by molar-refractivity contribution is 0.135. The van der Waals surface area contributed by atoms with Gasteiger partial charge in [0.15, 0.2) is 0 Å². The molecular formula is C16H25FN2. The molecule has 1 N–H and O–H groups in total. The summed E-state index contributed by atoms with van der Waals surface area (Å²) in [6.07, 6.45) is 2.51. The molecule has 2 rings (SSSR count). The fourth-order valence-corrected chi connectivity index (χ4v) is 2.88. The van der Waals surface area contributed by atoms with Gasteiger partial charge in [0.05, 0.1) is 0 Å². The second-order valence-electron chi connectivity index (χ2n) is 6.39. The minimum Gasteiger partial charge on any atom is -0.312 e. The fourth-order valence-electron chi connectivity index (χ4n) is 2.88. The number of hydrogen-bond acceptors (Lipinski definition) is 2. The number of halogens is 1. The van der Waals surface area contributed by atoms with E-state index in [1.807, 2.05) is 12.1 Å². The molecule has 0 bridgehead atoms. The zero-order valence-corrected chi connectivity index (χ0v) is 12.2. The molecule has 1 saturated heterocycles. The fraction of sp³-hybridized carbons (Fsp3) is 0.625. The van der Waals surface area contributed by atoms with Gasteiger partial charge in [-0.05, 0) is 37.9 Å². The Kier molecular flexibility index (Phi) is 4.58. The Balaban J connectivity index is 1.94. The van der Waals surface area contributed by atoms with Crippen molar-refractivity contribution in [3.05, 3.63) is 35.6 Å². The average Bonchev–Trinajstić information content (AvgIpc) is 2.35. The maximum atomic E-state index is 13.6. The average molecular weight is 264 g/mol. The quantitative estimate of drug-likeness (QED) is 0.899. The van der Waals surface area contributed by atoms with Crippen molar-refractivity contribution >= 4 is 0 Å². The molecule has 1 aromatic rings. The summed E-state index contributed by atoms with van der Waals surface area (Å²) in [6.45, 7) is 7.37. The zero-order chi connectivity index (χ0) is 13.9. The first-order chi connectivity index (χ1) is 8.99. The van der Waals surface area contributed by atoms with Gasteiger partial charge in [0.1, 0.15) is 5.82 Å². The second-order valence-corrected chi connectivity index (χ2v) is 6.39. The van der Waals surface area contributed by atoms with E-state index in [0.29, 0.717) is 18.0 Å². The molecule has 19 heavy (non-hydrogen) atoms. The molecule has 0 radical (unpaired) electrons. The van der Waals surface area contributed by atoms with E-state index in [-0.39, 0.29) is 5.82 Å². The van der Waals surface area contributed by atoms with Gasteiger partial charge in [-0.3, -0.25) is 0 Å². The summed E-state index contributed by atoms with van der Waals surface area (Å²) in [6, 6.07) is 7.52. The number of rotatable bonds is 4. The molecule has 0 saturated carbocycles. The van der Waals surface area contributed by atoms with Crippen LogP contribution in [-0.4, -0.2) is 31.1 Å². The molecule has 1 aromatic carbocycles. The van der Waals surface area contributed by atoms with Crippen molar-refractivity contribution in [1.29, 1.82) is 0 Å². The summed E-state index contributed by atoms with van der Waals surface area (Å²) >= 11 is 0. The summed E-state index contributed by atoms with van der Waals surface area (Å²) in [5, 5.41) is 3.61. The summed E-state index contributed by atoms with van der Waals surface area (Å²) in [5.41, 5.74) is 1.10. The van der Waals surface area contributed by atoms with E-state index in [4.69, 9.17) is 0 Å². The molecule has 3 heteroatoms. The molecule has 106 valence electrons. The number of nitrogens with one attached hydrogen (secondary N) is 1. The maximum absolute atomic E-state index is 13.6. The predicted octanol–water partition coefficient (Wildman–Crippen LogP) is 3.04. The van der Waals surface area contributed by atoms with Crippen LogP contribution in [0.15, 0.2) is 24.3 Å². The Morgan fingerprint density at radius 2 is 2.11 bits per heavy atom. The molecule has 2 nitrogen and oxygen atoms in total. The van der Waals surface area contributed by atoms with Crippen LogP contribution < -0.4 is 5.32 Å². The van der Waals surface area contributed by atoms with Crippen molar-refractivity contribution in [3.63, 3.8) is 0 Å². The Hall–Kier alpha value is -0.930. The normalized spacial score (nSPS) is 22.7. The minimum absolute atomic E-state index is 0.106. The van der Waals surface area contributed by atoms with Gasteiger partial charge in [-0.25, -0.2) is 4.39 Å². The largest absolute Gasteiger partial charge is 0.312 e. The van der Waals surface area contributed by atoms with E-state index < -0.39 is 0 Å². The minimum atomic E-state index is -0.106. The lowest BCUT2D eigenvalue weighted by Crippen LogP contribution is -2.52. The van der Waals surface area contributed by atoms with Crippen LogP contribution in [0.2, 0.25) is 0 Å². The summed E-state index contributed by atoms with van der Waals surface area (Å²) in [5.74, 6) is -0.106. The highest BCUT2D eigenvalue weighted by Gasteiger charge is 2.32. The molecule has 1 atom stereocenters. The molecule has 0 spiro atoms. The maximum Gasteiger partial charge on any atom is 0.127 e. The van der Waals surface area contributed by atoms with Crippen LogP contribution in [0.3, 0.4) is 0 Å². The van der Waals surface area contributed by atoms with Crippen LogP contribution in [0.5, 0.6) is 0 Å². The van der Waals surface area contributed by atoms with Crippen LogP contribution in [0.25, 0.3) is 0 Å². The number of benzene rings is 1. The Morgan fingerprint density at radius 1 is 1.37 bits per heavy atom. The van der Waals surface area contributed by atoms with Crippen molar-refractivity contribution in [1.82, 2.24) is 10.2 Å². The van der Waals surface area contributed by atoms with Crippen LogP contribution >= 0.6 is 0 Å². The van der Waals surface area contributed by atoms with Crippen molar-refractivity contribution < 1.29 is 4.39 Å². The Morgan fingerprint density at radius 3 is 2.79 bits per heavy atom. The summed E-state index contributed by atoms with van der Waals surface area (Å²) in [4.78, 5) is 2.21. The van der Waals surface area contributed by atoms with Crippen molar-refractivity contribution in [2.24, 2.45) is 5.41 Å². The number of hydrogen-bond donors (Lipinski definition) is 1. The SMILES string of the molecule is CN(Cc1ccccc1F)CC1NCCCC1(C)C. The van der Waals surface area contributed by atoms with Crippen molar-refractivity contribution in [2.45, 2.75) is 39.3 Å². The van der Waals surface area contributed by atoms with Gasteiger partial charge in [0.2, 0.25) is 0 Å². The van der Waals surface area contributed by atoms with Crippen LogP contribution in [0.4, 0.5) is 4.39 Å². The van der Waals surface area contributed by atoms with E-state index in [2.05, 4.69) is 31.1 Å². The van der Waals surface area contributed by atoms with E-state index in [1.54, 1.807) is 6.07 Å². The van der Waals surface area contributed by atoms with Crippen molar-refractivity contribution in [2.75, 3.05) is 20.1 Å². The standard InChI is InChI=1S/C16H25FN2/c1-16(2)9-6-10-18-15(16)12-19(3)11-13-7-4-5-8-14(13)17/h4-5,7-8,15,18H,6,9-12H2,1-3H3. The van der Waals surface area contributed by atoms with Gasteiger partial charge >= 0.3 is 0 Å². The predicted molar refractivity (Wildman–Crippen MR) is 77.5 cm³/mol. The Bertz CT molecular complexity index is 417. The van der Waals surface area contributed by atoms with Gasteiger partial charge in [-0.1, -0.05) is 32.0 Å². The number of likely N-dealkylation sites (N-methyl/N-ethyl adjacent to an activating group) is 1. The van der Waals surface area contributed by atoms with E-state index in [1.165, 1.54) is 18.9 Å². The molecule has 1 fully saturated rings. The van der Waals surface area contributed by atoms with Gasteiger partial charge in [-0.2, -0.15) is 0 Å². The van der Waals surface area contributed by atoms with Gasteiger partial charge in [0.25, 0.3) is 0 Å². The molecule has 1 aliphatic rings. The van der Waals surface area contributed by atoms with Gasteiger partial charge in [0, 0.05) is 24.7 Å². The lowest BCUT2D eigenvalue weighted by Gasteiger charge is -2.41. The first-order valence-electron chi connectivity index (χ1n) is 7.14. The first-order valence-corrected chi connectivity index (χ1v) is 7.14. The monoisotopic (exact) mass is 264 g/mol.